The van der Waals surface area contributed by atoms with Crippen molar-refractivity contribution < 1.29 is 19.5 Å². The molecule has 0 bridgehead atoms. The zero-order chi connectivity index (χ0) is 20.4. The first-order valence-electron chi connectivity index (χ1n) is 9.09. The van der Waals surface area contributed by atoms with Crippen LogP contribution in [0.2, 0.25) is 0 Å². The Hall–Kier alpha value is -3.51. The topological polar surface area (TPSA) is 74.7 Å². The van der Waals surface area contributed by atoms with Crippen molar-refractivity contribution in [3.63, 3.8) is 0 Å². The number of aliphatic carboxylic acids is 1. The Balaban J connectivity index is 1.74. The molecule has 0 spiro atoms. The number of hydrogen-bond acceptors (Lipinski definition) is 4. The fourth-order valence-electron chi connectivity index (χ4n) is 3.28. The lowest BCUT2D eigenvalue weighted by atomic mass is 9.93. The van der Waals surface area contributed by atoms with Gasteiger partial charge in [-0.25, -0.2) is 0 Å². The third kappa shape index (κ3) is 3.75. The lowest BCUT2D eigenvalue weighted by Gasteiger charge is -2.28. The molecule has 0 radical (unpaired) electrons. The first kappa shape index (κ1) is 18.8. The summed E-state index contributed by atoms with van der Waals surface area (Å²) in [5.41, 5.74) is 2.47. The average Bonchev–Trinajstić information content (AvgIpc) is 3.20. The standard InChI is InChI=1S/C23H17NO4S/c25-21(26)12-13-24-22(27)18-9-5-4-8-17(18)19(23(24)28)14-16-10-11-20(29-16)15-6-2-1-3-7-15/h1-11,14H,12-13H2,(H,25,26). The van der Waals surface area contributed by atoms with Crippen molar-refractivity contribution in [1.29, 1.82) is 0 Å². The van der Waals surface area contributed by atoms with Crippen LogP contribution in [0.25, 0.3) is 22.1 Å². The first-order chi connectivity index (χ1) is 14.0. The van der Waals surface area contributed by atoms with E-state index in [9.17, 15) is 14.4 Å². The van der Waals surface area contributed by atoms with Gasteiger partial charge in [-0.1, -0.05) is 48.5 Å². The third-order valence-corrected chi connectivity index (χ3v) is 5.77. The molecule has 1 aliphatic heterocycles. The van der Waals surface area contributed by atoms with Crippen LogP contribution in [0.4, 0.5) is 0 Å². The van der Waals surface area contributed by atoms with E-state index in [0.717, 1.165) is 20.2 Å². The van der Waals surface area contributed by atoms with Crippen LogP contribution in [0.5, 0.6) is 0 Å². The number of nitrogens with zero attached hydrogens (tertiary/aromatic N) is 1. The number of carbonyl (C=O) groups is 3. The Morgan fingerprint density at radius 2 is 1.59 bits per heavy atom. The van der Waals surface area contributed by atoms with Crippen LogP contribution in [0.3, 0.4) is 0 Å². The fourth-order valence-corrected chi connectivity index (χ4v) is 4.24. The van der Waals surface area contributed by atoms with E-state index in [4.69, 9.17) is 5.11 Å². The van der Waals surface area contributed by atoms with Gasteiger partial charge in [-0.2, -0.15) is 0 Å². The predicted molar refractivity (Wildman–Crippen MR) is 112 cm³/mol. The summed E-state index contributed by atoms with van der Waals surface area (Å²) in [5, 5.41) is 8.96. The maximum atomic E-state index is 13.0. The summed E-state index contributed by atoms with van der Waals surface area (Å²) in [6.45, 7) is -0.154. The molecule has 5 nitrogen and oxygen atoms in total. The molecule has 1 aliphatic rings. The Bertz CT molecular complexity index is 1130. The van der Waals surface area contributed by atoms with E-state index in [2.05, 4.69) is 0 Å². The zero-order valence-electron chi connectivity index (χ0n) is 15.4. The normalized spacial score (nSPS) is 14.9. The second-order valence-corrected chi connectivity index (χ2v) is 7.69. The van der Waals surface area contributed by atoms with Gasteiger partial charge in [-0.05, 0) is 35.4 Å². The molecule has 144 valence electrons. The van der Waals surface area contributed by atoms with Crippen LogP contribution in [0.15, 0.2) is 66.7 Å². The van der Waals surface area contributed by atoms with Crippen molar-refractivity contribution in [2.24, 2.45) is 0 Å². The van der Waals surface area contributed by atoms with Crippen molar-refractivity contribution in [2.45, 2.75) is 6.42 Å². The second kappa shape index (κ2) is 7.85. The van der Waals surface area contributed by atoms with Gasteiger partial charge in [0.25, 0.3) is 11.8 Å². The molecular formula is C23H17NO4S. The largest absolute Gasteiger partial charge is 0.481 e. The molecule has 4 rings (SSSR count). The van der Waals surface area contributed by atoms with E-state index < -0.39 is 17.8 Å². The Kier molecular flexibility index (Phi) is 5.10. The first-order valence-corrected chi connectivity index (χ1v) is 9.90. The maximum Gasteiger partial charge on any atom is 0.305 e. The summed E-state index contributed by atoms with van der Waals surface area (Å²) in [5.74, 6) is -1.98. The van der Waals surface area contributed by atoms with Crippen LogP contribution >= 0.6 is 11.3 Å². The highest BCUT2D eigenvalue weighted by molar-refractivity contribution is 7.16. The second-order valence-electron chi connectivity index (χ2n) is 6.58. The minimum absolute atomic E-state index is 0.154. The number of hydrogen-bond donors (Lipinski definition) is 1. The molecule has 0 saturated heterocycles. The van der Waals surface area contributed by atoms with Gasteiger partial charge in [0.1, 0.15) is 0 Å². The van der Waals surface area contributed by atoms with Gasteiger partial charge in [0.15, 0.2) is 0 Å². The van der Waals surface area contributed by atoms with E-state index in [1.807, 2.05) is 42.5 Å². The highest BCUT2D eigenvalue weighted by atomic mass is 32.1. The Morgan fingerprint density at radius 3 is 2.31 bits per heavy atom. The molecule has 2 amide bonds. The molecule has 2 aromatic carbocycles. The SMILES string of the molecule is O=C(O)CCN1C(=O)C(=Cc2ccc(-c3ccccc3)s2)c2ccccc2C1=O. The molecule has 0 atom stereocenters. The van der Waals surface area contributed by atoms with Crippen molar-refractivity contribution in [1.82, 2.24) is 4.90 Å². The van der Waals surface area contributed by atoms with Crippen LogP contribution in [0.1, 0.15) is 27.2 Å². The molecule has 29 heavy (non-hydrogen) atoms. The molecule has 1 aromatic heterocycles. The lowest BCUT2D eigenvalue weighted by molar-refractivity contribution is -0.137. The van der Waals surface area contributed by atoms with Crippen LogP contribution in [-0.4, -0.2) is 34.3 Å². The molecular weight excluding hydrogens is 386 g/mol. The molecule has 6 heteroatoms. The van der Waals surface area contributed by atoms with E-state index >= 15 is 0 Å². The van der Waals surface area contributed by atoms with Crippen molar-refractivity contribution in [2.75, 3.05) is 6.54 Å². The summed E-state index contributed by atoms with van der Waals surface area (Å²) in [6, 6.07) is 20.8. The quantitative estimate of drug-likeness (QED) is 0.506. The predicted octanol–water partition coefficient (Wildman–Crippen LogP) is 4.41. The monoisotopic (exact) mass is 403 g/mol. The van der Waals surface area contributed by atoms with Gasteiger partial charge in [0.05, 0.1) is 6.42 Å². The number of thiophene rings is 1. The Labute approximate surface area is 171 Å². The zero-order valence-corrected chi connectivity index (χ0v) is 16.2. The van der Waals surface area contributed by atoms with Gasteiger partial charge in [0.2, 0.25) is 0 Å². The summed E-state index contributed by atoms with van der Waals surface area (Å²) in [7, 11) is 0. The molecule has 2 heterocycles. The molecule has 0 saturated carbocycles. The average molecular weight is 403 g/mol. The third-order valence-electron chi connectivity index (χ3n) is 4.69. The summed E-state index contributed by atoms with van der Waals surface area (Å²) < 4.78 is 0. The van der Waals surface area contributed by atoms with Crippen LogP contribution in [0, 0.1) is 0 Å². The van der Waals surface area contributed by atoms with E-state index in [1.165, 1.54) is 0 Å². The molecule has 0 unspecified atom stereocenters. The van der Waals surface area contributed by atoms with E-state index in [1.54, 1.807) is 41.7 Å². The molecule has 0 aliphatic carbocycles. The lowest BCUT2D eigenvalue weighted by Crippen LogP contribution is -2.42. The van der Waals surface area contributed by atoms with Gasteiger partial charge in [0, 0.05) is 27.4 Å². The number of imide groups is 1. The van der Waals surface area contributed by atoms with Gasteiger partial charge in [-0.15, -0.1) is 11.3 Å². The molecule has 0 fully saturated rings. The number of carboxylic acid groups (broad SMARTS) is 1. The number of rotatable bonds is 5. The highest BCUT2D eigenvalue weighted by Gasteiger charge is 2.34. The van der Waals surface area contributed by atoms with Gasteiger partial charge >= 0.3 is 5.97 Å². The maximum absolute atomic E-state index is 13.0. The summed E-state index contributed by atoms with van der Waals surface area (Å²) in [4.78, 5) is 39.7. The van der Waals surface area contributed by atoms with Crippen molar-refractivity contribution in [3.05, 3.63) is 82.7 Å². The smallest absolute Gasteiger partial charge is 0.305 e. The summed E-state index contributed by atoms with van der Waals surface area (Å²) >= 11 is 1.55. The number of amides is 2. The number of carboxylic acids is 1. The van der Waals surface area contributed by atoms with E-state index in [0.29, 0.717) is 16.7 Å². The van der Waals surface area contributed by atoms with E-state index in [-0.39, 0.29) is 13.0 Å². The van der Waals surface area contributed by atoms with Crippen molar-refractivity contribution >= 4 is 40.8 Å². The van der Waals surface area contributed by atoms with Gasteiger partial charge in [-0.3, -0.25) is 19.3 Å². The number of benzene rings is 2. The van der Waals surface area contributed by atoms with Crippen LogP contribution in [-0.2, 0) is 9.59 Å². The highest BCUT2D eigenvalue weighted by Crippen LogP contribution is 2.34. The minimum Gasteiger partial charge on any atom is -0.481 e. The van der Waals surface area contributed by atoms with Crippen LogP contribution < -0.4 is 0 Å². The Morgan fingerprint density at radius 1 is 0.897 bits per heavy atom. The van der Waals surface area contributed by atoms with Gasteiger partial charge < -0.3 is 5.11 Å². The summed E-state index contributed by atoms with van der Waals surface area (Å²) in [6.07, 6.45) is 1.49. The minimum atomic E-state index is -1.05. The molecule has 3 aromatic rings. The number of carbonyl (C=O) groups excluding carboxylic acids is 2. The fraction of sp³-hybridized carbons (Fsp3) is 0.0870. The number of fused-ring (bicyclic) bond motifs is 1. The van der Waals surface area contributed by atoms with Crippen molar-refractivity contribution in [3.8, 4) is 10.4 Å². The molecule has 1 N–H and O–H groups in total.